The van der Waals surface area contributed by atoms with Crippen molar-refractivity contribution in [3.05, 3.63) is 24.3 Å². The number of esters is 6. The fourth-order valence-corrected chi connectivity index (χ4v) is 19.1. The molecule has 0 bridgehead atoms. The summed E-state index contributed by atoms with van der Waals surface area (Å²) in [6, 6.07) is 0. The van der Waals surface area contributed by atoms with Gasteiger partial charge in [0.15, 0.2) is 0 Å². The van der Waals surface area contributed by atoms with Gasteiger partial charge in [0.05, 0.1) is 0 Å². The molecule has 0 aromatic carbocycles. The molecule has 0 aromatic heterocycles. The third kappa shape index (κ3) is 95.8. The summed E-state index contributed by atoms with van der Waals surface area (Å²) in [6.07, 6.45) is 80.2. The van der Waals surface area contributed by atoms with Gasteiger partial charge in [-0.15, -0.1) is 0 Å². The maximum absolute atomic E-state index is 13.5. The summed E-state index contributed by atoms with van der Waals surface area (Å²) in [4.78, 5) is 129. The number of carbonyl (C=O) groups is 9. The quantitative estimate of drug-likeness (QED) is 0.0238. The van der Waals surface area contributed by atoms with E-state index in [2.05, 4.69) is 112 Å². The first kappa shape index (κ1) is 140. The highest BCUT2D eigenvalue weighted by Gasteiger charge is 2.29. The van der Waals surface area contributed by atoms with Crippen molar-refractivity contribution in [1.82, 2.24) is 29.4 Å². The Bertz CT molecular complexity index is 2770. The molecule has 0 atom stereocenters. The Morgan fingerprint density at radius 3 is 0.607 bits per heavy atom. The molecule has 0 saturated carbocycles. The number of carbonyl (C=O) groups excluding carboxylic acids is 9. The first-order valence-electron chi connectivity index (χ1n) is 58.3. The van der Waals surface area contributed by atoms with E-state index in [9.17, 15) is 43.2 Å². The zero-order valence-corrected chi connectivity index (χ0v) is 96.3. The Morgan fingerprint density at radius 1 is 0.221 bits per heavy atom. The van der Waals surface area contributed by atoms with Gasteiger partial charge in [-0.05, 0) is 208 Å². The first-order chi connectivity index (χ1) is 68.1. The molecule has 824 valence electrons. The molecular formula is C116H222N6O15S3. The number of hydrogen-bond donors (Lipinski definition) is 0. The predicted molar refractivity (Wildman–Crippen MR) is 599 cm³/mol. The Labute approximate surface area is 874 Å². The monoisotopic (exact) mass is 2040 g/mol. The standard InChI is InChI=1S/C42H82N2O5S.C38H72N2O5S.C36H68N2O5S/c1-7-13-17-21-25-30-38(31-26-22-18-14-8-2)48-40(45)36-44(42(47)50-35-29-34-43(11-5)12-6)37-41(46)49-39(32-27-23-19-15-9-3)33-28-24-20-16-10-4;1-6-11-14-17-20-23-26-31-44-36(41)33-40(38(43)46-32-27-30-39(9-4)10-5)34-37(42)45-35(28-24-21-18-15-12-7-2)29-25-22-19-16-13-8-3;1-6-9-12-15-18-21-24-29-42-34(39)31-38(36(41)44-30-25-28-37(4)5)32-35(40)43-33(26-22-19-16-13-10-7-2)27-23-20-17-14-11-8-3/h38-39H,7-37H2,1-6H3;23,26,35H,6-22,24-25,27-34H2,1-5H3;21,24,33H,6-20,22-23,25-32H2,1-5H3/b;26-23-;24-21-. The van der Waals surface area contributed by atoms with Gasteiger partial charge in [0.1, 0.15) is 76.9 Å². The highest BCUT2D eigenvalue weighted by Crippen LogP contribution is 2.26. The lowest BCUT2D eigenvalue weighted by atomic mass is 10.0. The molecule has 0 fully saturated rings. The van der Waals surface area contributed by atoms with Crippen LogP contribution >= 0.6 is 35.3 Å². The minimum atomic E-state index is -0.508. The number of amides is 3. The maximum atomic E-state index is 13.5. The van der Waals surface area contributed by atoms with Crippen molar-refractivity contribution in [2.24, 2.45) is 0 Å². The summed E-state index contributed by atoms with van der Waals surface area (Å²) in [6.45, 7) is 36.3. The summed E-state index contributed by atoms with van der Waals surface area (Å²) in [5, 5.41) is -0.805. The zero-order valence-electron chi connectivity index (χ0n) is 93.8. The Hall–Kier alpha value is -4.36. The molecule has 0 aliphatic carbocycles. The van der Waals surface area contributed by atoms with E-state index in [1.54, 1.807) is 0 Å². The molecule has 0 radical (unpaired) electrons. The molecule has 0 unspecified atom stereocenters. The van der Waals surface area contributed by atoms with Crippen LogP contribution in [0.5, 0.6) is 0 Å². The maximum Gasteiger partial charge on any atom is 0.326 e. The molecule has 0 rings (SSSR count). The number of hydrogen-bond acceptors (Lipinski definition) is 21. The molecule has 21 nitrogen and oxygen atoms in total. The van der Waals surface area contributed by atoms with Gasteiger partial charge in [-0.25, -0.2) is 0 Å². The fraction of sp³-hybridized carbons (Fsp3) is 0.888. The van der Waals surface area contributed by atoms with Crippen LogP contribution in [0.15, 0.2) is 24.3 Å². The average Bonchev–Trinajstić information content (AvgIpc) is 0.899. The number of nitrogens with zero attached hydrogens (tertiary/aromatic N) is 6. The van der Waals surface area contributed by atoms with E-state index >= 15 is 0 Å². The topological polar surface area (TPSA) is 228 Å². The van der Waals surface area contributed by atoms with Gasteiger partial charge in [0.2, 0.25) is 0 Å². The van der Waals surface area contributed by atoms with E-state index < -0.39 is 35.8 Å². The van der Waals surface area contributed by atoms with Crippen molar-refractivity contribution < 1.29 is 71.6 Å². The number of allylic oxidation sites excluding steroid dienone is 2. The van der Waals surface area contributed by atoms with Crippen LogP contribution in [0.2, 0.25) is 0 Å². The van der Waals surface area contributed by atoms with Gasteiger partial charge in [-0.3, -0.25) is 43.2 Å². The number of ether oxygens (including phenoxy) is 6. The van der Waals surface area contributed by atoms with Crippen LogP contribution in [0, 0.1) is 0 Å². The number of thioether (sulfide) groups is 3. The summed E-state index contributed by atoms with van der Waals surface area (Å²) in [5.74, 6) is -0.801. The normalized spacial score (nSPS) is 11.5. The van der Waals surface area contributed by atoms with E-state index in [-0.39, 0.29) is 92.6 Å². The molecule has 140 heavy (non-hydrogen) atoms. The van der Waals surface area contributed by atoms with Crippen LogP contribution < -0.4 is 0 Å². The van der Waals surface area contributed by atoms with E-state index in [0.717, 1.165) is 257 Å². The second-order valence-electron chi connectivity index (χ2n) is 39.3. The minimum Gasteiger partial charge on any atom is -0.461 e. The minimum absolute atomic E-state index is 0.138. The van der Waals surface area contributed by atoms with E-state index in [1.165, 1.54) is 257 Å². The second kappa shape index (κ2) is 109. The Balaban J connectivity index is -0.00000202. The van der Waals surface area contributed by atoms with Crippen LogP contribution in [-0.2, 0) is 57.2 Å². The third-order valence-corrected chi connectivity index (χ3v) is 28.8. The summed E-state index contributed by atoms with van der Waals surface area (Å²) >= 11 is 3.52. The number of unbranched alkanes of at least 4 members (excludes halogenated alkanes) is 44. The van der Waals surface area contributed by atoms with E-state index in [1.807, 2.05) is 38.4 Å². The van der Waals surface area contributed by atoms with Gasteiger partial charge >= 0.3 is 35.8 Å². The van der Waals surface area contributed by atoms with Gasteiger partial charge in [0.25, 0.3) is 15.7 Å². The van der Waals surface area contributed by atoms with Crippen molar-refractivity contribution in [3.63, 3.8) is 0 Å². The van der Waals surface area contributed by atoms with Gasteiger partial charge in [0, 0.05) is 17.3 Å². The summed E-state index contributed by atoms with van der Waals surface area (Å²) < 4.78 is 34.9. The fourth-order valence-electron chi connectivity index (χ4n) is 16.9. The van der Waals surface area contributed by atoms with Crippen LogP contribution in [0.1, 0.15) is 514 Å². The average molecular weight is 2040 g/mol. The van der Waals surface area contributed by atoms with Crippen molar-refractivity contribution >= 4 is 86.8 Å². The molecule has 0 spiro atoms. The van der Waals surface area contributed by atoms with Crippen molar-refractivity contribution in [2.45, 2.75) is 539 Å². The van der Waals surface area contributed by atoms with Crippen molar-refractivity contribution in [2.75, 3.05) is 130 Å². The Morgan fingerprint density at radius 2 is 0.407 bits per heavy atom. The molecule has 0 aromatic rings. The molecule has 0 aliphatic rings. The number of rotatable bonds is 98. The van der Waals surface area contributed by atoms with Crippen molar-refractivity contribution in [1.29, 1.82) is 0 Å². The summed E-state index contributed by atoms with van der Waals surface area (Å²) in [7, 11) is 3.99. The van der Waals surface area contributed by atoms with E-state index in [4.69, 9.17) is 28.4 Å². The molecular weight excluding hydrogens is 1810 g/mol. The third-order valence-electron chi connectivity index (χ3n) is 25.8. The molecule has 24 heteroatoms. The lowest BCUT2D eigenvalue weighted by molar-refractivity contribution is -0.154. The van der Waals surface area contributed by atoms with Crippen molar-refractivity contribution in [3.8, 4) is 0 Å². The second-order valence-corrected chi connectivity index (χ2v) is 42.5. The molecule has 0 saturated heterocycles. The lowest BCUT2D eigenvalue weighted by Gasteiger charge is -2.25. The lowest BCUT2D eigenvalue weighted by Crippen LogP contribution is -2.40. The highest BCUT2D eigenvalue weighted by atomic mass is 32.2. The summed E-state index contributed by atoms with van der Waals surface area (Å²) in [5.41, 5.74) is 0. The largest absolute Gasteiger partial charge is 0.461 e. The Kier molecular flexibility index (Phi) is 109. The van der Waals surface area contributed by atoms with Crippen LogP contribution in [0.4, 0.5) is 14.4 Å². The highest BCUT2D eigenvalue weighted by molar-refractivity contribution is 8.14. The van der Waals surface area contributed by atoms with Crippen LogP contribution in [0.25, 0.3) is 0 Å². The first-order valence-corrected chi connectivity index (χ1v) is 61.3. The molecule has 0 N–H and O–H groups in total. The smallest absolute Gasteiger partial charge is 0.326 e. The predicted octanol–water partition coefficient (Wildman–Crippen LogP) is 32.1. The van der Waals surface area contributed by atoms with Crippen LogP contribution in [0.3, 0.4) is 0 Å². The SMILES string of the molecule is CCCCCC/C=C\COC(=O)CN(CC(=O)OC(CCCCCCCC)CCCCCCCC)C(=O)SCCCN(C)C.CCCCCC/C=C\COC(=O)CN(CC(=O)OC(CCCCCCCC)CCCCCCCC)C(=O)SCCCN(CC)CC.CCCCCCCC(CCCCCCC)OC(=O)CN(CC(=O)OC(CCCCCCC)CCCCCCC)C(=O)SCCCN(CC)CC. The van der Waals surface area contributed by atoms with Gasteiger partial charge in [-0.1, -0.05) is 426 Å². The van der Waals surface area contributed by atoms with Gasteiger partial charge < -0.3 is 57.8 Å². The molecule has 0 aliphatic heterocycles. The molecule has 3 amide bonds. The van der Waals surface area contributed by atoms with E-state index in [0.29, 0.717) is 17.3 Å². The van der Waals surface area contributed by atoms with Crippen LogP contribution in [-0.4, -0.2) is 235 Å². The van der Waals surface area contributed by atoms with Gasteiger partial charge in [-0.2, -0.15) is 0 Å². The molecule has 0 heterocycles. The zero-order chi connectivity index (χ0) is 104.